The average Bonchev–Trinajstić information content (AvgIpc) is 3.03. The number of hydrogen-bond acceptors (Lipinski definition) is 5. The highest BCUT2D eigenvalue weighted by atomic mass is 127. The summed E-state index contributed by atoms with van der Waals surface area (Å²) in [5, 5.41) is 6.58. The molecule has 1 N–H and O–H groups in total. The summed E-state index contributed by atoms with van der Waals surface area (Å²) in [5.74, 6) is 2.53. The molecule has 0 amide bonds. The van der Waals surface area contributed by atoms with Gasteiger partial charge in [0.2, 0.25) is 0 Å². The number of nitrogens with one attached hydrogen (secondary N) is 1. The second-order valence-electron chi connectivity index (χ2n) is 5.92. The van der Waals surface area contributed by atoms with Gasteiger partial charge in [-0.15, -0.1) is 35.3 Å². The monoisotopic (exact) mass is 488 g/mol. The number of ether oxygens (including phenoxy) is 2. The lowest BCUT2D eigenvalue weighted by Gasteiger charge is -2.21. The van der Waals surface area contributed by atoms with Gasteiger partial charge in [0.15, 0.2) is 17.5 Å². The largest absolute Gasteiger partial charge is 0.486 e. The van der Waals surface area contributed by atoms with Gasteiger partial charge in [0.25, 0.3) is 0 Å². The van der Waals surface area contributed by atoms with Crippen LogP contribution >= 0.6 is 35.3 Å². The summed E-state index contributed by atoms with van der Waals surface area (Å²) in [5.41, 5.74) is 2.28. The van der Waals surface area contributed by atoms with E-state index in [-0.39, 0.29) is 24.0 Å². The topological polar surface area (TPSA) is 59.0 Å². The van der Waals surface area contributed by atoms with Crippen LogP contribution in [0.3, 0.4) is 0 Å². The number of aromatic nitrogens is 1. The third-order valence-electron chi connectivity index (χ3n) is 3.94. The zero-order valence-electron chi connectivity index (χ0n) is 15.3. The van der Waals surface area contributed by atoms with Crippen LogP contribution < -0.4 is 14.8 Å². The fourth-order valence-electron chi connectivity index (χ4n) is 2.75. The third-order valence-corrected chi connectivity index (χ3v) is 4.76. The van der Waals surface area contributed by atoms with E-state index >= 15 is 0 Å². The van der Waals surface area contributed by atoms with E-state index in [4.69, 9.17) is 9.47 Å². The number of rotatable bonds is 5. The first-order valence-corrected chi connectivity index (χ1v) is 9.25. The number of benzene rings is 1. The van der Waals surface area contributed by atoms with Crippen LogP contribution in [0.4, 0.5) is 0 Å². The molecular weight excluding hydrogens is 463 g/mol. The van der Waals surface area contributed by atoms with Crippen molar-refractivity contribution in [1.82, 2.24) is 15.2 Å². The van der Waals surface area contributed by atoms with Crippen molar-refractivity contribution in [3.8, 4) is 11.5 Å². The molecular formula is C18H25IN4O2S. The lowest BCUT2D eigenvalue weighted by Crippen LogP contribution is -2.39. The molecule has 3 rings (SSSR count). The summed E-state index contributed by atoms with van der Waals surface area (Å²) in [4.78, 5) is 10.9. The summed E-state index contributed by atoms with van der Waals surface area (Å²) in [6, 6.07) is 6.12. The van der Waals surface area contributed by atoms with Gasteiger partial charge < -0.3 is 19.7 Å². The Morgan fingerprint density at radius 1 is 1.31 bits per heavy atom. The number of hydrogen-bond donors (Lipinski definition) is 1. The molecule has 26 heavy (non-hydrogen) atoms. The van der Waals surface area contributed by atoms with Crippen LogP contribution in [-0.4, -0.2) is 49.7 Å². The zero-order chi connectivity index (χ0) is 17.6. The van der Waals surface area contributed by atoms with Crippen LogP contribution in [0, 0.1) is 6.92 Å². The van der Waals surface area contributed by atoms with E-state index in [1.807, 2.05) is 20.0 Å². The minimum Gasteiger partial charge on any atom is -0.486 e. The number of nitrogens with zero attached hydrogens (tertiary/aromatic N) is 3. The molecule has 8 heteroatoms. The average molecular weight is 488 g/mol. The molecule has 6 nitrogen and oxygen atoms in total. The van der Waals surface area contributed by atoms with Gasteiger partial charge in [-0.25, -0.2) is 4.98 Å². The summed E-state index contributed by atoms with van der Waals surface area (Å²) in [7, 11) is 3.82. The van der Waals surface area contributed by atoms with Gasteiger partial charge in [0.05, 0.1) is 17.2 Å². The molecule has 0 bridgehead atoms. The van der Waals surface area contributed by atoms with Gasteiger partial charge in [-0.1, -0.05) is 6.07 Å². The Morgan fingerprint density at radius 2 is 2.08 bits per heavy atom. The predicted octanol–water partition coefficient (Wildman–Crippen LogP) is 3.09. The maximum absolute atomic E-state index is 5.64. The van der Waals surface area contributed by atoms with Crippen LogP contribution in [0.2, 0.25) is 0 Å². The van der Waals surface area contributed by atoms with E-state index < -0.39 is 0 Å². The van der Waals surface area contributed by atoms with Crippen molar-refractivity contribution < 1.29 is 9.47 Å². The van der Waals surface area contributed by atoms with Crippen LogP contribution in [0.5, 0.6) is 11.5 Å². The van der Waals surface area contributed by atoms with Gasteiger partial charge in [-0.3, -0.25) is 4.99 Å². The standard InChI is InChI=1S/C18H24N4O2S.HI/c1-13-21-15(12-25-13)11-22(3)18(19-2)20-7-6-14-4-5-16-17(10-14)24-9-8-23-16;/h4-5,10,12H,6-9,11H2,1-3H3,(H,19,20);1H. The molecule has 0 aliphatic carbocycles. The highest BCUT2D eigenvalue weighted by molar-refractivity contribution is 14.0. The Bertz CT molecular complexity index is 751. The van der Waals surface area contributed by atoms with Crippen LogP contribution in [0.1, 0.15) is 16.3 Å². The summed E-state index contributed by atoms with van der Waals surface area (Å²) < 4.78 is 11.2. The lowest BCUT2D eigenvalue weighted by atomic mass is 10.1. The number of aryl methyl sites for hydroxylation is 1. The minimum absolute atomic E-state index is 0. The van der Waals surface area contributed by atoms with Gasteiger partial charge in [-0.2, -0.15) is 0 Å². The van der Waals surface area contributed by atoms with Crippen molar-refractivity contribution in [1.29, 1.82) is 0 Å². The Kier molecular flexibility index (Phi) is 7.95. The zero-order valence-corrected chi connectivity index (χ0v) is 18.5. The molecule has 1 aromatic carbocycles. The fraction of sp³-hybridized carbons (Fsp3) is 0.444. The van der Waals surface area contributed by atoms with Crippen molar-refractivity contribution in [2.45, 2.75) is 19.9 Å². The van der Waals surface area contributed by atoms with E-state index in [1.54, 1.807) is 18.4 Å². The van der Waals surface area contributed by atoms with Crippen molar-refractivity contribution in [2.75, 3.05) is 33.9 Å². The first kappa shape index (κ1) is 20.8. The first-order valence-electron chi connectivity index (χ1n) is 8.37. The molecule has 0 fully saturated rings. The van der Waals surface area contributed by atoms with Crippen molar-refractivity contribution >= 4 is 41.3 Å². The molecule has 2 aromatic rings. The summed E-state index contributed by atoms with van der Waals surface area (Å²) in [6.45, 7) is 4.80. The number of guanidine groups is 1. The summed E-state index contributed by atoms with van der Waals surface area (Å²) >= 11 is 1.67. The van der Waals surface area contributed by atoms with Crippen molar-refractivity contribution in [3.63, 3.8) is 0 Å². The van der Waals surface area contributed by atoms with E-state index in [9.17, 15) is 0 Å². The summed E-state index contributed by atoms with van der Waals surface area (Å²) in [6.07, 6.45) is 0.888. The van der Waals surface area contributed by atoms with E-state index in [2.05, 4.69) is 37.7 Å². The molecule has 0 spiro atoms. The molecule has 0 unspecified atom stereocenters. The first-order chi connectivity index (χ1) is 12.2. The molecule has 0 atom stereocenters. The number of aliphatic imine (C=N–C) groups is 1. The van der Waals surface area contributed by atoms with Crippen LogP contribution in [0.25, 0.3) is 0 Å². The van der Waals surface area contributed by atoms with Crippen molar-refractivity contribution in [3.05, 3.63) is 39.8 Å². The lowest BCUT2D eigenvalue weighted by molar-refractivity contribution is 0.171. The highest BCUT2D eigenvalue weighted by Crippen LogP contribution is 2.30. The molecule has 0 saturated carbocycles. The molecule has 1 aliphatic heterocycles. The quantitative estimate of drug-likeness (QED) is 0.399. The molecule has 1 aliphatic rings. The second-order valence-corrected chi connectivity index (χ2v) is 6.98. The maximum atomic E-state index is 5.64. The number of thiazole rings is 1. The van der Waals surface area contributed by atoms with E-state index in [0.717, 1.165) is 47.7 Å². The number of fused-ring (bicyclic) bond motifs is 1. The Labute approximate surface area is 175 Å². The molecule has 2 heterocycles. The van der Waals surface area contributed by atoms with E-state index in [1.165, 1.54) is 5.56 Å². The highest BCUT2D eigenvalue weighted by Gasteiger charge is 2.12. The van der Waals surface area contributed by atoms with Crippen LogP contribution in [0.15, 0.2) is 28.6 Å². The molecule has 142 valence electrons. The Morgan fingerprint density at radius 3 is 2.77 bits per heavy atom. The molecule has 0 radical (unpaired) electrons. The minimum atomic E-state index is 0. The normalized spacial score (nSPS) is 13.1. The van der Waals surface area contributed by atoms with Crippen molar-refractivity contribution in [2.24, 2.45) is 4.99 Å². The Hall–Kier alpha value is -1.55. The fourth-order valence-corrected chi connectivity index (χ4v) is 3.35. The van der Waals surface area contributed by atoms with Gasteiger partial charge >= 0.3 is 0 Å². The van der Waals surface area contributed by atoms with Gasteiger partial charge in [-0.05, 0) is 31.0 Å². The van der Waals surface area contributed by atoms with Crippen LogP contribution in [-0.2, 0) is 13.0 Å². The molecule has 0 saturated heterocycles. The SMILES string of the molecule is CN=C(NCCc1ccc2c(c1)OCCO2)N(C)Cc1csc(C)n1.I. The van der Waals surface area contributed by atoms with Gasteiger partial charge in [0, 0.05) is 26.0 Å². The van der Waals surface area contributed by atoms with E-state index in [0.29, 0.717) is 13.2 Å². The smallest absolute Gasteiger partial charge is 0.193 e. The predicted molar refractivity (Wildman–Crippen MR) is 116 cm³/mol. The molecule has 1 aromatic heterocycles. The second kappa shape index (κ2) is 9.96. The third kappa shape index (κ3) is 5.47. The Balaban J connectivity index is 0.00000243. The maximum Gasteiger partial charge on any atom is 0.193 e. The number of halogens is 1. The van der Waals surface area contributed by atoms with Gasteiger partial charge in [0.1, 0.15) is 13.2 Å².